The van der Waals surface area contributed by atoms with Crippen molar-refractivity contribution in [2.75, 3.05) is 11.9 Å². The Kier molecular flexibility index (Phi) is 6.07. The number of benzene rings is 3. The first-order chi connectivity index (χ1) is 17.3. The minimum absolute atomic E-state index is 0.0105. The normalized spacial score (nSPS) is 13.8. The van der Waals surface area contributed by atoms with E-state index in [2.05, 4.69) is 12.2 Å². The number of ether oxygens (including phenoxy) is 1. The fourth-order valence-electron chi connectivity index (χ4n) is 3.85. The van der Waals surface area contributed by atoms with Crippen molar-refractivity contribution in [2.24, 2.45) is 10.1 Å². The van der Waals surface area contributed by atoms with E-state index in [4.69, 9.17) is 14.8 Å². The highest BCUT2D eigenvalue weighted by Crippen LogP contribution is 2.33. The van der Waals surface area contributed by atoms with Crippen LogP contribution in [-0.4, -0.2) is 33.1 Å². The van der Waals surface area contributed by atoms with E-state index in [1.807, 2.05) is 48.7 Å². The van der Waals surface area contributed by atoms with E-state index >= 15 is 0 Å². The Morgan fingerprint density at radius 2 is 1.89 bits per heavy atom. The molecule has 8 nitrogen and oxygen atoms in total. The Morgan fingerprint density at radius 3 is 2.67 bits per heavy atom. The molecule has 9 heteroatoms. The summed E-state index contributed by atoms with van der Waals surface area (Å²) in [7, 11) is 0. The average molecular weight is 501 g/mol. The van der Waals surface area contributed by atoms with E-state index in [1.54, 1.807) is 17.7 Å². The number of hydrogen-bond acceptors (Lipinski definition) is 7. The Labute approximate surface area is 211 Å². The molecule has 1 aromatic heterocycles. The molecule has 0 bridgehead atoms. The molecule has 0 atom stereocenters. The Balaban J connectivity index is 1.68. The Morgan fingerprint density at radius 1 is 1.06 bits per heavy atom. The number of carbonyl (C=O) groups excluding carboxylic acids is 1. The molecule has 0 fully saturated rings. The fourth-order valence-corrected chi connectivity index (χ4v) is 4.70. The van der Waals surface area contributed by atoms with Crippen molar-refractivity contribution >= 4 is 34.3 Å². The number of hydrogen-bond donors (Lipinski definition) is 3. The monoisotopic (exact) mass is 500 g/mol. The van der Waals surface area contributed by atoms with Gasteiger partial charge in [-0.15, -0.1) is 11.3 Å². The standard InChI is InChI=1S/C27H24N4O4S/c1-15-4-6-19(10-16(15)2)28-27-31(30-17(3)21-8-7-20(32)12-24(21)33)23(14-36-27)18-5-9-25-22(11-18)29-26(34)13-35-25/h4-12,14,32-33H,13H2,1-3H3,(H,29,34). The van der Waals surface area contributed by atoms with Gasteiger partial charge in [0.2, 0.25) is 4.80 Å². The van der Waals surface area contributed by atoms with Crippen LogP contribution in [0.1, 0.15) is 23.6 Å². The number of amides is 1. The second-order valence-electron chi connectivity index (χ2n) is 8.53. The van der Waals surface area contributed by atoms with Crippen LogP contribution in [0.3, 0.4) is 0 Å². The molecule has 3 aromatic carbocycles. The van der Waals surface area contributed by atoms with Crippen molar-refractivity contribution in [3.05, 3.63) is 81.5 Å². The lowest BCUT2D eigenvalue weighted by atomic mass is 10.1. The van der Waals surface area contributed by atoms with E-state index in [-0.39, 0.29) is 24.0 Å². The lowest BCUT2D eigenvalue weighted by molar-refractivity contribution is -0.118. The fraction of sp³-hybridized carbons (Fsp3) is 0.148. The molecule has 5 rings (SSSR count). The summed E-state index contributed by atoms with van der Waals surface area (Å²) in [5.74, 6) is 0.292. The average Bonchev–Trinajstić information content (AvgIpc) is 3.22. The van der Waals surface area contributed by atoms with Crippen LogP contribution in [0.15, 0.2) is 70.1 Å². The van der Waals surface area contributed by atoms with Crippen molar-refractivity contribution in [1.29, 1.82) is 0 Å². The zero-order valence-electron chi connectivity index (χ0n) is 19.9. The van der Waals surface area contributed by atoms with E-state index < -0.39 is 0 Å². The summed E-state index contributed by atoms with van der Waals surface area (Å²) >= 11 is 1.43. The van der Waals surface area contributed by atoms with Gasteiger partial charge < -0.3 is 20.3 Å². The SMILES string of the molecule is CC(=Nn1c(-c2ccc3c(c2)NC(=O)CO3)csc1=Nc1ccc(C)c(C)c1)c1ccc(O)cc1O. The van der Waals surface area contributed by atoms with E-state index in [0.29, 0.717) is 27.5 Å². The van der Waals surface area contributed by atoms with Crippen molar-refractivity contribution < 1.29 is 19.7 Å². The van der Waals surface area contributed by atoms with Gasteiger partial charge in [-0.1, -0.05) is 6.07 Å². The summed E-state index contributed by atoms with van der Waals surface area (Å²) < 4.78 is 7.21. The van der Waals surface area contributed by atoms with Crippen LogP contribution >= 0.6 is 11.3 Å². The topological polar surface area (TPSA) is 108 Å². The summed E-state index contributed by atoms with van der Waals surface area (Å²) in [6.07, 6.45) is 0. The highest BCUT2D eigenvalue weighted by molar-refractivity contribution is 7.07. The molecule has 0 unspecified atom stereocenters. The number of fused-ring (bicyclic) bond motifs is 1. The summed E-state index contributed by atoms with van der Waals surface area (Å²) in [5, 5.41) is 29.6. The number of aryl methyl sites for hydroxylation is 2. The van der Waals surface area contributed by atoms with Crippen molar-refractivity contribution in [3.63, 3.8) is 0 Å². The largest absolute Gasteiger partial charge is 0.508 e. The van der Waals surface area contributed by atoms with Gasteiger partial charge in [0.05, 0.1) is 22.8 Å². The van der Waals surface area contributed by atoms with Crippen molar-refractivity contribution in [1.82, 2.24) is 4.68 Å². The number of phenolic OH excluding ortho intramolecular Hbond substituents is 2. The molecule has 0 aliphatic carbocycles. The van der Waals surface area contributed by atoms with Crippen molar-refractivity contribution in [3.8, 4) is 28.5 Å². The number of carbonyl (C=O) groups is 1. The van der Waals surface area contributed by atoms with Crippen LogP contribution in [0, 0.1) is 13.8 Å². The van der Waals surface area contributed by atoms with E-state index in [0.717, 1.165) is 22.5 Å². The highest BCUT2D eigenvalue weighted by Gasteiger charge is 2.18. The zero-order chi connectivity index (χ0) is 25.4. The third kappa shape index (κ3) is 4.60. The van der Waals surface area contributed by atoms with Gasteiger partial charge in [-0.3, -0.25) is 4.79 Å². The van der Waals surface area contributed by atoms with Crippen LogP contribution < -0.4 is 14.9 Å². The molecule has 0 spiro atoms. The number of aromatic hydroxyl groups is 2. The van der Waals surface area contributed by atoms with E-state index in [1.165, 1.54) is 29.0 Å². The first-order valence-corrected chi connectivity index (χ1v) is 12.1. The van der Waals surface area contributed by atoms with Gasteiger partial charge in [-0.25, -0.2) is 9.67 Å². The summed E-state index contributed by atoms with van der Waals surface area (Å²) in [4.78, 5) is 17.3. The number of nitrogens with one attached hydrogen (secondary N) is 1. The Hall–Kier alpha value is -4.37. The van der Waals surface area contributed by atoms with Gasteiger partial charge in [-0.2, -0.15) is 5.10 Å². The molecule has 36 heavy (non-hydrogen) atoms. The molecule has 3 N–H and O–H groups in total. The molecular weight excluding hydrogens is 476 g/mol. The van der Waals surface area contributed by atoms with Crippen LogP contribution in [0.25, 0.3) is 11.3 Å². The number of phenols is 2. The predicted octanol–water partition coefficient (Wildman–Crippen LogP) is 5.08. The second kappa shape index (κ2) is 9.35. The van der Waals surface area contributed by atoms with Crippen LogP contribution in [0.5, 0.6) is 17.2 Å². The molecule has 1 aliphatic heterocycles. The number of rotatable bonds is 4. The summed E-state index contributed by atoms with van der Waals surface area (Å²) in [6.45, 7) is 5.87. The molecular formula is C27H24N4O4S. The number of nitrogens with zero attached hydrogens (tertiary/aromatic N) is 3. The molecule has 1 aliphatic rings. The number of anilines is 1. The van der Waals surface area contributed by atoms with Gasteiger partial charge >= 0.3 is 0 Å². The van der Waals surface area contributed by atoms with Crippen LogP contribution in [0.4, 0.5) is 11.4 Å². The first kappa shape index (κ1) is 23.4. The maximum absolute atomic E-state index is 11.8. The second-order valence-corrected chi connectivity index (χ2v) is 9.37. The highest BCUT2D eigenvalue weighted by atomic mass is 32.1. The molecule has 0 saturated heterocycles. The maximum atomic E-state index is 11.8. The third-order valence-corrected chi connectivity index (χ3v) is 6.75. The first-order valence-electron chi connectivity index (χ1n) is 11.3. The molecule has 1 amide bonds. The zero-order valence-corrected chi connectivity index (χ0v) is 20.8. The summed E-state index contributed by atoms with van der Waals surface area (Å²) in [5.41, 5.74) is 6.29. The van der Waals surface area contributed by atoms with Crippen LogP contribution in [0.2, 0.25) is 0 Å². The van der Waals surface area contributed by atoms with Gasteiger partial charge in [0.15, 0.2) is 6.61 Å². The lowest BCUT2D eigenvalue weighted by Gasteiger charge is -2.18. The number of thiazole rings is 1. The van der Waals surface area contributed by atoms with Crippen LogP contribution in [-0.2, 0) is 4.79 Å². The minimum atomic E-state index is -0.208. The molecule has 0 saturated carbocycles. The molecule has 2 heterocycles. The van der Waals surface area contributed by atoms with Crippen molar-refractivity contribution in [2.45, 2.75) is 20.8 Å². The lowest BCUT2D eigenvalue weighted by Crippen LogP contribution is -2.25. The predicted molar refractivity (Wildman–Crippen MR) is 140 cm³/mol. The molecule has 182 valence electrons. The van der Waals surface area contributed by atoms with E-state index in [9.17, 15) is 15.0 Å². The van der Waals surface area contributed by atoms with Gasteiger partial charge in [0.25, 0.3) is 5.91 Å². The maximum Gasteiger partial charge on any atom is 0.262 e. The minimum Gasteiger partial charge on any atom is -0.508 e. The summed E-state index contributed by atoms with van der Waals surface area (Å²) in [6, 6.07) is 16.0. The van der Waals surface area contributed by atoms with Gasteiger partial charge in [0, 0.05) is 22.6 Å². The van der Waals surface area contributed by atoms with Gasteiger partial charge in [0.1, 0.15) is 17.2 Å². The number of aromatic nitrogens is 1. The van der Waals surface area contributed by atoms with Gasteiger partial charge in [-0.05, 0) is 74.4 Å². The Bertz CT molecular complexity index is 1600. The molecule has 0 radical (unpaired) electrons. The third-order valence-electron chi connectivity index (χ3n) is 5.93. The smallest absolute Gasteiger partial charge is 0.262 e. The quantitative estimate of drug-likeness (QED) is 0.340. The molecule has 4 aromatic rings.